The predicted octanol–water partition coefficient (Wildman–Crippen LogP) is 3.03. The summed E-state index contributed by atoms with van der Waals surface area (Å²) in [7, 11) is 1.75. The molecule has 25 heavy (non-hydrogen) atoms. The SMILES string of the molecule is Cc1nc(OC(=O)Nc2ccn(C)n2)c(Nc2cccc(CO)c2)s1. The fourth-order valence-corrected chi connectivity index (χ4v) is 2.90. The zero-order valence-corrected chi connectivity index (χ0v) is 14.5. The highest BCUT2D eigenvalue weighted by atomic mass is 32.1. The number of benzene rings is 1. The van der Waals surface area contributed by atoms with Crippen molar-refractivity contribution in [3.05, 3.63) is 47.1 Å². The van der Waals surface area contributed by atoms with Gasteiger partial charge in [-0.2, -0.15) is 5.10 Å². The van der Waals surface area contributed by atoms with Crippen LogP contribution in [0.1, 0.15) is 10.6 Å². The number of ether oxygens (including phenoxy) is 1. The largest absolute Gasteiger partial charge is 0.419 e. The molecule has 0 saturated carbocycles. The van der Waals surface area contributed by atoms with Crippen LogP contribution in [0.25, 0.3) is 0 Å². The first kappa shape index (κ1) is 16.9. The van der Waals surface area contributed by atoms with E-state index in [9.17, 15) is 9.90 Å². The van der Waals surface area contributed by atoms with E-state index in [0.29, 0.717) is 10.8 Å². The van der Waals surface area contributed by atoms with Gasteiger partial charge in [0.2, 0.25) is 0 Å². The molecule has 1 aromatic carbocycles. The number of carbonyl (C=O) groups excluding carboxylic acids is 1. The summed E-state index contributed by atoms with van der Waals surface area (Å²) >= 11 is 1.37. The molecule has 3 aromatic rings. The maximum atomic E-state index is 12.0. The molecule has 0 fully saturated rings. The summed E-state index contributed by atoms with van der Waals surface area (Å²) in [6, 6.07) is 8.97. The van der Waals surface area contributed by atoms with E-state index in [2.05, 4.69) is 20.7 Å². The Kier molecular flexibility index (Phi) is 4.96. The normalized spacial score (nSPS) is 10.5. The lowest BCUT2D eigenvalue weighted by Gasteiger charge is -2.08. The molecule has 0 saturated heterocycles. The van der Waals surface area contributed by atoms with E-state index in [1.807, 2.05) is 31.2 Å². The smallest absolute Gasteiger partial charge is 0.392 e. The molecule has 0 aliphatic carbocycles. The number of nitrogens with zero attached hydrogens (tertiary/aromatic N) is 3. The number of nitrogens with one attached hydrogen (secondary N) is 2. The minimum absolute atomic E-state index is 0.0485. The van der Waals surface area contributed by atoms with Crippen molar-refractivity contribution in [1.82, 2.24) is 14.8 Å². The number of aliphatic hydroxyl groups is 1. The molecule has 8 nitrogen and oxygen atoms in total. The first-order valence-corrected chi connectivity index (χ1v) is 8.28. The van der Waals surface area contributed by atoms with Gasteiger partial charge >= 0.3 is 6.09 Å². The average Bonchev–Trinajstić information content (AvgIpc) is 3.13. The molecule has 0 bridgehead atoms. The first-order valence-electron chi connectivity index (χ1n) is 7.46. The van der Waals surface area contributed by atoms with Gasteiger partial charge in [0, 0.05) is 25.0 Å². The fraction of sp³-hybridized carbons (Fsp3) is 0.188. The van der Waals surface area contributed by atoms with Gasteiger partial charge in [-0.1, -0.05) is 23.5 Å². The Morgan fingerprint density at radius 1 is 1.40 bits per heavy atom. The fourth-order valence-electron chi connectivity index (χ4n) is 2.13. The summed E-state index contributed by atoms with van der Waals surface area (Å²) in [6.07, 6.45) is 1.04. The molecule has 9 heteroatoms. The number of rotatable bonds is 5. The van der Waals surface area contributed by atoms with E-state index in [-0.39, 0.29) is 12.5 Å². The summed E-state index contributed by atoms with van der Waals surface area (Å²) in [5.41, 5.74) is 1.55. The van der Waals surface area contributed by atoms with E-state index in [1.165, 1.54) is 11.3 Å². The van der Waals surface area contributed by atoms with Crippen molar-refractivity contribution in [3.8, 4) is 5.88 Å². The van der Waals surface area contributed by atoms with E-state index >= 15 is 0 Å². The zero-order chi connectivity index (χ0) is 17.8. The highest BCUT2D eigenvalue weighted by molar-refractivity contribution is 7.16. The number of anilines is 3. The molecule has 0 aliphatic rings. The lowest BCUT2D eigenvalue weighted by atomic mass is 10.2. The Labute approximate surface area is 148 Å². The molecular weight excluding hydrogens is 342 g/mol. The number of aryl methyl sites for hydroxylation is 2. The number of carbonyl (C=O) groups is 1. The second kappa shape index (κ2) is 7.32. The van der Waals surface area contributed by atoms with Crippen LogP contribution in [-0.4, -0.2) is 26.0 Å². The molecule has 3 rings (SSSR count). The molecule has 0 unspecified atom stereocenters. The average molecular weight is 359 g/mol. The third-order valence-electron chi connectivity index (χ3n) is 3.20. The van der Waals surface area contributed by atoms with Gasteiger partial charge in [0.05, 0.1) is 11.6 Å². The van der Waals surface area contributed by atoms with Crippen LogP contribution in [0.5, 0.6) is 5.88 Å². The Balaban J connectivity index is 1.72. The van der Waals surface area contributed by atoms with Crippen LogP contribution in [-0.2, 0) is 13.7 Å². The minimum atomic E-state index is -0.670. The molecule has 3 N–H and O–H groups in total. The van der Waals surface area contributed by atoms with Gasteiger partial charge in [-0.3, -0.25) is 10.00 Å². The lowest BCUT2D eigenvalue weighted by Crippen LogP contribution is -2.17. The van der Waals surface area contributed by atoms with Crippen molar-refractivity contribution in [2.45, 2.75) is 13.5 Å². The summed E-state index contributed by atoms with van der Waals surface area (Å²) in [6.45, 7) is 1.77. The van der Waals surface area contributed by atoms with Crippen molar-refractivity contribution in [3.63, 3.8) is 0 Å². The second-order valence-electron chi connectivity index (χ2n) is 5.24. The van der Waals surface area contributed by atoms with Crippen LogP contribution in [0.4, 0.5) is 21.3 Å². The van der Waals surface area contributed by atoms with Crippen LogP contribution in [0.2, 0.25) is 0 Å². The maximum absolute atomic E-state index is 12.0. The summed E-state index contributed by atoms with van der Waals surface area (Å²) in [4.78, 5) is 16.3. The van der Waals surface area contributed by atoms with E-state index < -0.39 is 6.09 Å². The lowest BCUT2D eigenvalue weighted by molar-refractivity contribution is 0.213. The highest BCUT2D eigenvalue weighted by Gasteiger charge is 2.16. The minimum Gasteiger partial charge on any atom is -0.392 e. The van der Waals surface area contributed by atoms with E-state index in [4.69, 9.17) is 4.74 Å². The van der Waals surface area contributed by atoms with Crippen molar-refractivity contribution >= 4 is 33.9 Å². The predicted molar refractivity (Wildman–Crippen MR) is 95.4 cm³/mol. The van der Waals surface area contributed by atoms with Gasteiger partial charge in [0.15, 0.2) is 10.8 Å². The standard InChI is InChI=1S/C16H17N5O3S/c1-10-17-14(24-16(23)19-13-6-7-21(2)20-13)15(25-10)18-12-5-3-4-11(8-12)9-22/h3-8,18,22H,9H2,1-2H3,(H,19,20,23). The van der Waals surface area contributed by atoms with Crippen LogP contribution in [0.15, 0.2) is 36.5 Å². The van der Waals surface area contributed by atoms with Crippen LogP contribution in [0.3, 0.4) is 0 Å². The molecule has 0 radical (unpaired) electrons. The third kappa shape index (κ3) is 4.34. The number of thiazole rings is 1. The van der Waals surface area contributed by atoms with Gasteiger partial charge in [-0.25, -0.2) is 9.78 Å². The van der Waals surface area contributed by atoms with E-state index in [0.717, 1.165) is 16.3 Å². The zero-order valence-electron chi connectivity index (χ0n) is 13.7. The summed E-state index contributed by atoms with van der Waals surface area (Å²) in [5, 5.41) is 20.3. The molecule has 2 heterocycles. The molecule has 0 aliphatic heterocycles. The van der Waals surface area contributed by atoms with Crippen LogP contribution < -0.4 is 15.4 Å². The number of aromatic nitrogens is 3. The molecule has 0 spiro atoms. The Morgan fingerprint density at radius 3 is 2.96 bits per heavy atom. The summed E-state index contributed by atoms with van der Waals surface area (Å²) < 4.78 is 6.87. The quantitative estimate of drug-likeness (QED) is 0.647. The molecule has 130 valence electrons. The monoisotopic (exact) mass is 359 g/mol. The molecular formula is C16H17N5O3S. The Hall–Kier alpha value is -2.91. The van der Waals surface area contributed by atoms with Gasteiger partial charge in [-0.05, 0) is 24.6 Å². The van der Waals surface area contributed by atoms with Gasteiger partial charge in [0.1, 0.15) is 0 Å². The second-order valence-corrected chi connectivity index (χ2v) is 6.44. The number of amides is 1. The number of hydrogen-bond acceptors (Lipinski definition) is 7. The number of aliphatic hydroxyl groups excluding tert-OH is 1. The van der Waals surface area contributed by atoms with Gasteiger partial charge in [0.25, 0.3) is 5.88 Å². The molecule has 0 atom stereocenters. The topological polar surface area (TPSA) is 101 Å². The van der Waals surface area contributed by atoms with Crippen molar-refractivity contribution in [2.24, 2.45) is 7.05 Å². The molecule has 2 aromatic heterocycles. The Morgan fingerprint density at radius 2 is 2.24 bits per heavy atom. The number of hydrogen-bond donors (Lipinski definition) is 3. The first-order chi connectivity index (χ1) is 12.0. The highest BCUT2D eigenvalue weighted by Crippen LogP contribution is 2.34. The van der Waals surface area contributed by atoms with Crippen molar-refractivity contribution < 1.29 is 14.6 Å². The summed E-state index contributed by atoms with van der Waals surface area (Å²) in [5.74, 6) is 0.579. The van der Waals surface area contributed by atoms with Crippen LogP contribution >= 0.6 is 11.3 Å². The van der Waals surface area contributed by atoms with Gasteiger partial charge < -0.3 is 15.2 Å². The van der Waals surface area contributed by atoms with Crippen molar-refractivity contribution in [2.75, 3.05) is 10.6 Å². The van der Waals surface area contributed by atoms with Crippen LogP contribution in [0, 0.1) is 6.92 Å². The molecule has 1 amide bonds. The maximum Gasteiger partial charge on any atom is 0.419 e. The Bertz CT molecular complexity index is 890. The van der Waals surface area contributed by atoms with Crippen molar-refractivity contribution in [1.29, 1.82) is 0 Å². The van der Waals surface area contributed by atoms with Gasteiger partial charge in [-0.15, -0.1) is 0 Å². The third-order valence-corrected chi connectivity index (χ3v) is 4.07. The van der Waals surface area contributed by atoms with E-state index in [1.54, 1.807) is 24.0 Å².